The maximum Gasteiger partial charge on any atom is 0.0175 e. The smallest absolute Gasteiger partial charge is 0.0175 e. The molecule has 1 N–H and O–H groups in total. The monoisotopic (exact) mass is 263 g/mol. The van der Waals surface area contributed by atoms with Gasteiger partial charge in [0.1, 0.15) is 0 Å². The predicted molar refractivity (Wildman–Crippen MR) is 82.2 cm³/mol. The topological polar surface area (TPSA) is 12.0 Å². The van der Waals surface area contributed by atoms with Crippen LogP contribution in [0.2, 0.25) is 0 Å². The highest BCUT2D eigenvalue weighted by molar-refractivity contribution is 5.11. The highest BCUT2D eigenvalue weighted by Gasteiger charge is 2.58. The molecule has 0 aliphatic heterocycles. The zero-order valence-corrected chi connectivity index (χ0v) is 13.3. The molecule has 0 heterocycles. The number of rotatable bonds is 4. The van der Waals surface area contributed by atoms with Crippen LogP contribution in [-0.4, -0.2) is 12.6 Å². The summed E-state index contributed by atoms with van der Waals surface area (Å²) in [4.78, 5) is 0. The molecule has 0 aromatic rings. The Morgan fingerprint density at radius 2 is 1.74 bits per heavy atom. The maximum atomic E-state index is 3.99. The molecule has 0 amide bonds. The maximum absolute atomic E-state index is 3.99. The van der Waals surface area contributed by atoms with Crippen LogP contribution in [-0.2, 0) is 0 Å². The highest BCUT2D eigenvalue weighted by atomic mass is 15.0. The Morgan fingerprint density at radius 3 is 2.37 bits per heavy atom. The lowest BCUT2D eigenvalue weighted by Crippen LogP contribution is -2.50. The SMILES string of the molecule is CC12CCC(C1)C(C)(C)C2NCCC1CCCCC1. The van der Waals surface area contributed by atoms with Crippen molar-refractivity contribution in [2.75, 3.05) is 6.54 Å². The summed E-state index contributed by atoms with van der Waals surface area (Å²) in [6, 6.07) is 0.766. The van der Waals surface area contributed by atoms with Gasteiger partial charge in [0.05, 0.1) is 0 Å². The van der Waals surface area contributed by atoms with Gasteiger partial charge in [0, 0.05) is 6.04 Å². The molecule has 3 saturated carbocycles. The van der Waals surface area contributed by atoms with Gasteiger partial charge in [0.15, 0.2) is 0 Å². The highest BCUT2D eigenvalue weighted by Crippen LogP contribution is 2.62. The fraction of sp³-hybridized carbons (Fsp3) is 1.00. The van der Waals surface area contributed by atoms with Crippen molar-refractivity contribution in [1.82, 2.24) is 5.32 Å². The largest absolute Gasteiger partial charge is 0.313 e. The number of hydrogen-bond acceptors (Lipinski definition) is 1. The predicted octanol–water partition coefficient (Wildman–Crippen LogP) is 4.76. The number of hydrogen-bond donors (Lipinski definition) is 1. The van der Waals surface area contributed by atoms with E-state index in [4.69, 9.17) is 0 Å². The minimum Gasteiger partial charge on any atom is -0.313 e. The fourth-order valence-electron chi connectivity index (χ4n) is 5.72. The van der Waals surface area contributed by atoms with Crippen LogP contribution in [0, 0.1) is 22.7 Å². The van der Waals surface area contributed by atoms with Gasteiger partial charge in [0.25, 0.3) is 0 Å². The van der Waals surface area contributed by atoms with E-state index in [1.165, 1.54) is 64.3 Å². The fourth-order valence-corrected chi connectivity index (χ4v) is 5.72. The van der Waals surface area contributed by atoms with Crippen molar-refractivity contribution in [3.8, 4) is 0 Å². The van der Waals surface area contributed by atoms with Gasteiger partial charge in [-0.1, -0.05) is 52.9 Å². The lowest BCUT2D eigenvalue weighted by Gasteiger charge is -2.43. The van der Waals surface area contributed by atoms with Crippen molar-refractivity contribution in [3.63, 3.8) is 0 Å². The molecule has 0 radical (unpaired) electrons. The summed E-state index contributed by atoms with van der Waals surface area (Å²) in [6.45, 7) is 8.84. The van der Waals surface area contributed by atoms with Crippen LogP contribution in [0.25, 0.3) is 0 Å². The van der Waals surface area contributed by atoms with Crippen molar-refractivity contribution in [1.29, 1.82) is 0 Å². The zero-order valence-electron chi connectivity index (χ0n) is 13.3. The van der Waals surface area contributed by atoms with E-state index in [0.29, 0.717) is 10.8 Å². The molecule has 2 bridgehead atoms. The van der Waals surface area contributed by atoms with Gasteiger partial charge in [-0.15, -0.1) is 0 Å². The summed E-state index contributed by atoms with van der Waals surface area (Å²) in [5, 5.41) is 3.99. The van der Waals surface area contributed by atoms with E-state index in [-0.39, 0.29) is 0 Å². The van der Waals surface area contributed by atoms with E-state index >= 15 is 0 Å². The van der Waals surface area contributed by atoms with Crippen molar-refractivity contribution in [3.05, 3.63) is 0 Å². The minimum absolute atomic E-state index is 0.527. The van der Waals surface area contributed by atoms with E-state index in [9.17, 15) is 0 Å². The van der Waals surface area contributed by atoms with Crippen molar-refractivity contribution >= 4 is 0 Å². The van der Waals surface area contributed by atoms with Crippen molar-refractivity contribution in [2.24, 2.45) is 22.7 Å². The van der Waals surface area contributed by atoms with E-state index in [0.717, 1.165) is 17.9 Å². The quantitative estimate of drug-likeness (QED) is 0.771. The third kappa shape index (κ3) is 2.48. The first-order valence-corrected chi connectivity index (χ1v) is 8.76. The molecule has 0 aromatic heterocycles. The van der Waals surface area contributed by atoms with E-state index in [1.54, 1.807) is 0 Å². The summed E-state index contributed by atoms with van der Waals surface area (Å²) in [6.07, 6.45) is 13.3. The van der Waals surface area contributed by atoms with Gasteiger partial charge in [0.2, 0.25) is 0 Å². The second-order valence-electron chi connectivity index (χ2n) is 8.59. The molecule has 1 nitrogen and oxygen atoms in total. The van der Waals surface area contributed by atoms with Crippen LogP contribution >= 0.6 is 0 Å². The van der Waals surface area contributed by atoms with Crippen LogP contribution in [0.4, 0.5) is 0 Å². The van der Waals surface area contributed by atoms with Gasteiger partial charge in [-0.2, -0.15) is 0 Å². The Hall–Kier alpha value is -0.0400. The summed E-state index contributed by atoms with van der Waals surface area (Å²) < 4.78 is 0. The molecule has 1 heteroatoms. The third-order valence-corrected chi connectivity index (χ3v) is 6.90. The molecule has 0 aromatic carbocycles. The molecule has 0 spiro atoms. The standard InChI is InChI=1S/C18H33N/c1-17(2)15-9-11-18(3,13-15)16(17)19-12-10-14-7-5-4-6-8-14/h14-16,19H,4-13H2,1-3H3. The Kier molecular flexibility index (Phi) is 3.71. The van der Waals surface area contributed by atoms with E-state index < -0.39 is 0 Å². The minimum atomic E-state index is 0.527. The molecule has 3 fully saturated rings. The normalized spacial score (nSPS) is 41.8. The van der Waals surface area contributed by atoms with Gasteiger partial charge >= 0.3 is 0 Å². The zero-order chi connectivity index (χ0) is 13.5. The molecule has 3 atom stereocenters. The molecule has 3 unspecified atom stereocenters. The van der Waals surface area contributed by atoms with Gasteiger partial charge < -0.3 is 5.32 Å². The lowest BCUT2D eigenvalue weighted by atomic mass is 9.68. The molecule has 0 saturated heterocycles. The summed E-state index contributed by atoms with van der Waals surface area (Å²) in [7, 11) is 0. The first-order chi connectivity index (χ1) is 9.02. The Balaban J connectivity index is 1.52. The average Bonchev–Trinajstić information content (AvgIpc) is 2.86. The Morgan fingerprint density at radius 1 is 1.00 bits per heavy atom. The second kappa shape index (κ2) is 5.06. The van der Waals surface area contributed by atoms with Crippen LogP contribution < -0.4 is 5.32 Å². The first-order valence-electron chi connectivity index (χ1n) is 8.76. The van der Waals surface area contributed by atoms with Gasteiger partial charge in [-0.3, -0.25) is 0 Å². The first kappa shape index (κ1) is 13.9. The van der Waals surface area contributed by atoms with Crippen LogP contribution in [0.3, 0.4) is 0 Å². The average molecular weight is 263 g/mol. The lowest BCUT2D eigenvalue weighted by molar-refractivity contribution is 0.107. The Labute approximate surface area is 119 Å². The third-order valence-electron chi connectivity index (χ3n) is 6.90. The van der Waals surface area contributed by atoms with E-state index in [1.807, 2.05) is 0 Å². The second-order valence-corrected chi connectivity index (χ2v) is 8.59. The van der Waals surface area contributed by atoms with Crippen LogP contribution in [0.5, 0.6) is 0 Å². The molecule has 19 heavy (non-hydrogen) atoms. The molecule has 3 rings (SSSR count). The molecule has 3 aliphatic rings. The summed E-state index contributed by atoms with van der Waals surface area (Å²) in [5.41, 5.74) is 1.13. The van der Waals surface area contributed by atoms with Crippen molar-refractivity contribution < 1.29 is 0 Å². The molecular formula is C18H33N. The Bertz CT molecular complexity index is 311. The molecular weight excluding hydrogens is 230 g/mol. The van der Waals surface area contributed by atoms with Gasteiger partial charge in [-0.05, 0) is 54.9 Å². The van der Waals surface area contributed by atoms with E-state index in [2.05, 4.69) is 26.1 Å². The van der Waals surface area contributed by atoms with Crippen LogP contribution in [0.1, 0.15) is 78.6 Å². The van der Waals surface area contributed by atoms with Crippen LogP contribution in [0.15, 0.2) is 0 Å². The molecule has 3 aliphatic carbocycles. The van der Waals surface area contributed by atoms with Crippen molar-refractivity contribution in [2.45, 2.75) is 84.6 Å². The number of nitrogens with one attached hydrogen (secondary N) is 1. The van der Waals surface area contributed by atoms with Gasteiger partial charge in [-0.25, -0.2) is 0 Å². The number of fused-ring (bicyclic) bond motifs is 2. The molecule has 110 valence electrons. The summed E-state index contributed by atoms with van der Waals surface area (Å²) in [5.74, 6) is 2.00. The summed E-state index contributed by atoms with van der Waals surface area (Å²) >= 11 is 0.